The van der Waals surface area contributed by atoms with Crippen LogP contribution in [0.2, 0.25) is 0 Å². The molecule has 0 aliphatic rings. The highest BCUT2D eigenvalue weighted by atomic mass is 32.2. The summed E-state index contributed by atoms with van der Waals surface area (Å²) >= 11 is 0.339. The summed E-state index contributed by atoms with van der Waals surface area (Å²) < 4.78 is 349. The lowest BCUT2D eigenvalue weighted by Gasteiger charge is -2.39. The lowest BCUT2D eigenvalue weighted by molar-refractivity contribution is -0.439. The summed E-state index contributed by atoms with van der Waals surface area (Å²) in [5.74, 6) is -81.3. The van der Waals surface area contributed by atoms with Crippen LogP contribution in [0.3, 0.4) is 0 Å². The number of carbonyl (C=O) groups excluding carboxylic acids is 2. The van der Waals surface area contributed by atoms with E-state index in [0.717, 1.165) is 0 Å². The van der Waals surface area contributed by atoms with Gasteiger partial charge >= 0.3 is 83.5 Å². The highest BCUT2D eigenvalue weighted by molar-refractivity contribution is 7.99. The molecule has 344 valence electrons. The van der Waals surface area contributed by atoms with Crippen LogP contribution in [0.4, 0.5) is 114 Å². The van der Waals surface area contributed by atoms with Crippen molar-refractivity contribution in [3.05, 3.63) is 12.2 Å². The number of hydrogen-bond donors (Lipinski definition) is 0. The van der Waals surface area contributed by atoms with Crippen molar-refractivity contribution in [3.63, 3.8) is 0 Å². The Bertz CT molecular complexity index is 1290. The molecule has 0 aliphatic heterocycles. The predicted molar refractivity (Wildman–Crippen MR) is 146 cm³/mol. The van der Waals surface area contributed by atoms with Crippen molar-refractivity contribution in [2.45, 2.75) is 97.3 Å². The zero-order valence-corrected chi connectivity index (χ0v) is 29.1. The first kappa shape index (κ1) is 55.6. The van der Waals surface area contributed by atoms with Gasteiger partial charge in [0.1, 0.15) is 0 Å². The van der Waals surface area contributed by atoms with E-state index >= 15 is 0 Å². The minimum Gasteiger partial charge on any atom is -0.462 e. The van der Waals surface area contributed by atoms with Crippen LogP contribution in [-0.2, 0) is 19.1 Å². The Kier molecular flexibility index (Phi) is 17.9. The smallest absolute Gasteiger partial charge is 0.460 e. The molecule has 4 nitrogen and oxygen atoms in total. The van der Waals surface area contributed by atoms with Crippen LogP contribution in [0.5, 0.6) is 0 Å². The van der Waals surface area contributed by atoms with Crippen LogP contribution >= 0.6 is 23.5 Å². The van der Waals surface area contributed by atoms with Gasteiger partial charge in [-0.1, -0.05) is 0 Å². The Balaban J connectivity index is 4.70. The molecule has 0 spiro atoms. The van der Waals surface area contributed by atoms with E-state index in [-0.39, 0.29) is 36.4 Å². The molecule has 0 unspecified atom stereocenters. The lowest BCUT2D eigenvalue weighted by atomic mass is 9.93. The molecule has 32 heteroatoms. The number of alkyl halides is 26. The minimum atomic E-state index is -8.04. The molecule has 0 rings (SSSR count). The van der Waals surface area contributed by atoms with Gasteiger partial charge in [0.25, 0.3) is 0 Å². The number of hydrogen-bond acceptors (Lipinski definition) is 6. The quantitative estimate of drug-likeness (QED) is 0.0416. The molecular formula is C26H22F26O4S2. The van der Waals surface area contributed by atoms with E-state index in [4.69, 9.17) is 0 Å². The second-order valence-corrected chi connectivity index (χ2v) is 13.5. The first-order valence-electron chi connectivity index (χ1n) is 14.6. The molecule has 0 fully saturated rings. The molecular weight excluding hydrogens is 934 g/mol. The summed E-state index contributed by atoms with van der Waals surface area (Å²) in [5, 5.41) is 0. The Morgan fingerprint density at radius 3 is 0.845 bits per heavy atom. The Morgan fingerprint density at radius 1 is 0.362 bits per heavy atom. The van der Waals surface area contributed by atoms with Crippen LogP contribution in [0.25, 0.3) is 0 Å². The van der Waals surface area contributed by atoms with Crippen molar-refractivity contribution >= 4 is 35.5 Å². The molecule has 0 N–H and O–H groups in total. The molecule has 0 aromatic rings. The standard InChI is InChI=1S/C26H22F26O4S2/c27-15(28,17(31,32)19(35,36)21(39,40)23(43,44)25(47,48)49)5-11-57-9-1-7-55-13(53)3-4-14(54)56-8-2-10-58-12-6-16(29,30)18(33,34)20(37,38)22(41,42)24(45,46)26(50,51)52/h3-4H,1-2,5-12H2. The highest BCUT2D eigenvalue weighted by Gasteiger charge is 2.92. The van der Waals surface area contributed by atoms with E-state index < -0.39 is 133 Å². The molecule has 0 amide bonds. The fourth-order valence-corrected chi connectivity index (χ4v) is 5.28. The van der Waals surface area contributed by atoms with Gasteiger partial charge in [-0.05, 0) is 35.9 Å². The molecule has 0 heterocycles. The fourth-order valence-electron chi connectivity index (χ4n) is 3.42. The highest BCUT2D eigenvalue weighted by Crippen LogP contribution is 2.62. The molecule has 0 atom stereocenters. The molecule has 0 radical (unpaired) electrons. The third-order valence-electron chi connectivity index (χ3n) is 6.83. The molecule has 0 aliphatic carbocycles. The van der Waals surface area contributed by atoms with Crippen molar-refractivity contribution in [1.29, 1.82) is 0 Å². The van der Waals surface area contributed by atoms with Crippen molar-refractivity contribution in [2.75, 3.05) is 36.2 Å². The van der Waals surface area contributed by atoms with Gasteiger partial charge in [-0.15, -0.1) is 0 Å². The summed E-state index contributed by atoms with van der Waals surface area (Å²) in [7, 11) is 0. The normalized spacial score (nSPS) is 15.3. The third-order valence-corrected chi connectivity index (χ3v) is 8.97. The number of thioether (sulfide) groups is 2. The van der Waals surface area contributed by atoms with E-state index in [1.807, 2.05) is 0 Å². The van der Waals surface area contributed by atoms with Crippen LogP contribution in [0, 0.1) is 0 Å². The van der Waals surface area contributed by atoms with Crippen LogP contribution in [0.15, 0.2) is 12.2 Å². The molecule has 0 bridgehead atoms. The summed E-state index contributed by atoms with van der Waals surface area (Å²) in [6.45, 7) is -1.31. The van der Waals surface area contributed by atoms with E-state index in [0.29, 0.717) is 12.2 Å². The van der Waals surface area contributed by atoms with E-state index in [2.05, 4.69) is 9.47 Å². The number of halogens is 26. The zero-order valence-electron chi connectivity index (χ0n) is 27.5. The van der Waals surface area contributed by atoms with Crippen molar-refractivity contribution in [3.8, 4) is 0 Å². The second-order valence-electron chi connectivity index (χ2n) is 11.1. The summed E-state index contributed by atoms with van der Waals surface area (Å²) in [4.78, 5) is 23.1. The van der Waals surface area contributed by atoms with E-state index in [1.54, 1.807) is 0 Å². The summed E-state index contributed by atoms with van der Waals surface area (Å²) in [6, 6.07) is 0. The van der Waals surface area contributed by atoms with Crippen molar-refractivity contribution in [1.82, 2.24) is 0 Å². The maximum atomic E-state index is 13.7. The van der Waals surface area contributed by atoms with Gasteiger partial charge in [0, 0.05) is 25.0 Å². The Morgan fingerprint density at radius 2 is 0.603 bits per heavy atom. The third kappa shape index (κ3) is 11.3. The number of rotatable bonds is 24. The summed E-state index contributed by atoms with van der Waals surface area (Å²) in [6.07, 6.45) is -20.0. The van der Waals surface area contributed by atoms with Gasteiger partial charge < -0.3 is 9.47 Å². The van der Waals surface area contributed by atoms with Gasteiger partial charge in [0.2, 0.25) is 0 Å². The maximum Gasteiger partial charge on any atom is 0.460 e. The largest absolute Gasteiger partial charge is 0.462 e. The number of carbonyl (C=O) groups is 2. The van der Waals surface area contributed by atoms with Crippen LogP contribution in [0.1, 0.15) is 25.7 Å². The van der Waals surface area contributed by atoms with Gasteiger partial charge in [0.15, 0.2) is 0 Å². The van der Waals surface area contributed by atoms with Crippen LogP contribution in [-0.4, -0.2) is 120 Å². The first-order valence-corrected chi connectivity index (χ1v) is 16.9. The first-order chi connectivity index (χ1) is 25.5. The van der Waals surface area contributed by atoms with Gasteiger partial charge in [-0.25, -0.2) is 9.59 Å². The number of ether oxygens (including phenoxy) is 2. The lowest BCUT2D eigenvalue weighted by Crippen LogP contribution is -2.70. The molecule has 58 heavy (non-hydrogen) atoms. The topological polar surface area (TPSA) is 52.6 Å². The average Bonchev–Trinajstić information content (AvgIpc) is 3.04. The summed E-state index contributed by atoms with van der Waals surface area (Å²) in [5.41, 5.74) is 0. The second kappa shape index (κ2) is 18.7. The molecule has 0 saturated heterocycles. The average molecular weight is 957 g/mol. The molecule has 0 aromatic heterocycles. The van der Waals surface area contributed by atoms with Crippen molar-refractivity contribution in [2.24, 2.45) is 0 Å². The fraction of sp³-hybridized carbons (Fsp3) is 0.846. The van der Waals surface area contributed by atoms with E-state index in [9.17, 15) is 124 Å². The maximum absolute atomic E-state index is 13.7. The van der Waals surface area contributed by atoms with Crippen LogP contribution < -0.4 is 0 Å². The zero-order chi connectivity index (χ0) is 46.5. The van der Waals surface area contributed by atoms with Crippen molar-refractivity contribution < 1.29 is 133 Å². The Hall–Kier alpha value is -2.44. The van der Waals surface area contributed by atoms with Gasteiger partial charge in [-0.3, -0.25) is 0 Å². The molecule has 0 aromatic carbocycles. The molecule has 0 saturated carbocycles. The monoisotopic (exact) mass is 956 g/mol. The van der Waals surface area contributed by atoms with Gasteiger partial charge in [-0.2, -0.15) is 138 Å². The number of esters is 2. The predicted octanol–water partition coefficient (Wildman–Crippen LogP) is 11.1. The Labute approximate surface area is 314 Å². The minimum absolute atomic E-state index is 0.170. The van der Waals surface area contributed by atoms with E-state index in [1.165, 1.54) is 0 Å². The van der Waals surface area contributed by atoms with Gasteiger partial charge in [0.05, 0.1) is 13.2 Å². The SMILES string of the molecule is O=C(C=CC(=O)OCCCSCCC(F)(F)C(F)(F)C(F)(F)C(F)(F)C(F)(F)C(F)(F)F)OCCCSCCC(F)(F)C(F)(F)C(F)(F)C(F)(F)C(F)(F)C(F)(F)F.